The highest BCUT2D eigenvalue weighted by Gasteiger charge is 2.11. The molecule has 0 fully saturated rings. The number of nitrogens with one attached hydrogen (secondary N) is 1. The summed E-state index contributed by atoms with van der Waals surface area (Å²) in [5.41, 5.74) is 3.03. The van der Waals surface area contributed by atoms with E-state index in [0.717, 1.165) is 11.1 Å². The van der Waals surface area contributed by atoms with Gasteiger partial charge >= 0.3 is 0 Å². The molecule has 3 aromatic carbocycles. The number of fused-ring (bicyclic) bond motifs is 1. The first kappa shape index (κ1) is 18.7. The number of benzene rings is 3. The second-order valence-electron chi connectivity index (χ2n) is 6.33. The summed E-state index contributed by atoms with van der Waals surface area (Å²) in [5.74, 6) is 0.616. The van der Waals surface area contributed by atoms with Gasteiger partial charge in [-0.3, -0.25) is 0 Å². The molecule has 0 unspecified atom stereocenters. The fourth-order valence-corrected chi connectivity index (χ4v) is 3.11. The van der Waals surface area contributed by atoms with Crippen LogP contribution in [0.15, 0.2) is 66.7 Å². The van der Waals surface area contributed by atoms with Gasteiger partial charge in [-0.05, 0) is 36.4 Å². The van der Waals surface area contributed by atoms with E-state index in [9.17, 15) is 9.65 Å². The van der Waals surface area contributed by atoms with Crippen LogP contribution in [0, 0.1) is 17.1 Å². The van der Waals surface area contributed by atoms with E-state index in [-0.39, 0.29) is 5.82 Å². The molecule has 0 aliphatic rings. The zero-order chi connectivity index (χ0) is 20.2. The molecular formula is C23H15ClFN3O. The van der Waals surface area contributed by atoms with E-state index >= 15 is 0 Å². The average molecular weight is 404 g/mol. The zero-order valence-electron chi connectivity index (χ0n) is 15.2. The van der Waals surface area contributed by atoms with Crippen LogP contribution in [-0.2, 0) is 6.61 Å². The summed E-state index contributed by atoms with van der Waals surface area (Å²) in [6.45, 7) is 0.302. The molecule has 142 valence electrons. The van der Waals surface area contributed by atoms with Gasteiger partial charge in [-0.2, -0.15) is 5.26 Å². The number of hydrogen-bond acceptors (Lipinski definition) is 3. The number of hydrogen-bond donors (Lipinski definition) is 1. The number of ether oxygens (including phenoxy) is 1. The van der Waals surface area contributed by atoms with E-state index in [0.29, 0.717) is 39.8 Å². The van der Waals surface area contributed by atoms with E-state index in [1.807, 2.05) is 48.5 Å². The van der Waals surface area contributed by atoms with Gasteiger partial charge in [0.2, 0.25) is 0 Å². The number of nitriles is 1. The molecule has 29 heavy (non-hydrogen) atoms. The number of H-pyrrole nitrogens is 1. The number of halogens is 2. The minimum atomic E-state index is -0.367. The largest absolute Gasteiger partial charge is 0.488 e. The number of para-hydroxylation sites is 1. The van der Waals surface area contributed by atoms with Crippen molar-refractivity contribution in [2.24, 2.45) is 0 Å². The summed E-state index contributed by atoms with van der Waals surface area (Å²) in [4.78, 5) is 7.38. The Morgan fingerprint density at radius 3 is 2.76 bits per heavy atom. The quantitative estimate of drug-likeness (QED) is 0.416. The van der Waals surface area contributed by atoms with Gasteiger partial charge in [0.1, 0.15) is 30.1 Å². The molecule has 0 spiro atoms. The fraction of sp³-hybridized carbons (Fsp3) is 0.0435. The first-order valence-corrected chi connectivity index (χ1v) is 9.24. The third kappa shape index (κ3) is 4.13. The molecule has 1 heterocycles. The lowest BCUT2D eigenvalue weighted by Gasteiger charge is -2.10. The van der Waals surface area contributed by atoms with Crippen LogP contribution in [0.1, 0.15) is 17.0 Å². The monoisotopic (exact) mass is 403 g/mol. The number of rotatable bonds is 5. The molecule has 0 atom stereocenters. The van der Waals surface area contributed by atoms with Crippen molar-refractivity contribution >= 4 is 34.3 Å². The van der Waals surface area contributed by atoms with Gasteiger partial charge in [0.25, 0.3) is 0 Å². The second-order valence-corrected chi connectivity index (χ2v) is 6.74. The van der Waals surface area contributed by atoms with E-state index in [1.165, 1.54) is 12.1 Å². The standard InChI is InChI=1S/C23H15ClFN3O/c24-19-7-3-1-6-16(19)14-29-22-8-4-2-5-15(22)11-17(13-26)23-27-20-10-9-18(25)12-21(20)28-23/h1-12H,14H2,(H,27,28)/b17-11-. The van der Waals surface area contributed by atoms with Crippen molar-refractivity contribution in [1.29, 1.82) is 5.26 Å². The van der Waals surface area contributed by atoms with E-state index in [4.69, 9.17) is 16.3 Å². The Balaban J connectivity index is 1.65. The maximum atomic E-state index is 13.4. The van der Waals surface area contributed by atoms with Crippen LogP contribution in [0.5, 0.6) is 5.75 Å². The molecule has 1 N–H and O–H groups in total. The van der Waals surface area contributed by atoms with Crippen molar-refractivity contribution in [3.8, 4) is 11.8 Å². The zero-order valence-corrected chi connectivity index (χ0v) is 15.9. The van der Waals surface area contributed by atoms with Crippen LogP contribution in [0.2, 0.25) is 5.02 Å². The Hall–Kier alpha value is -3.62. The lowest BCUT2D eigenvalue weighted by molar-refractivity contribution is 0.305. The maximum Gasteiger partial charge on any atom is 0.149 e. The lowest BCUT2D eigenvalue weighted by Crippen LogP contribution is -1.98. The van der Waals surface area contributed by atoms with Gasteiger partial charge in [-0.1, -0.05) is 48.0 Å². The first-order chi connectivity index (χ1) is 14.1. The Morgan fingerprint density at radius 2 is 1.93 bits per heavy atom. The molecule has 1 aromatic heterocycles. The van der Waals surface area contributed by atoms with Crippen molar-refractivity contribution in [3.63, 3.8) is 0 Å². The summed E-state index contributed by atoms with van der Waals surface area (Å²) in [6.07, 6.45) is 1.69. The van der Waals surface area contributed by atoms with Gasteiger partial charge in [0.15, 0.2) is 0 Å². The van der Waals surface area contributed by atoms with Gasteiger partial charge in [-0.15, -0.1) is 0 Å². The number of allylic oxidation sites excluding steroid dienone is 1. The summed E-state index contributed by atoms with van der Waals surface area (Å²) in [5, 5.41) is 10.3. The Labute approximate surface area is 171 Å². The molecule has 0 aliphatic heterocycles. The molecule has 0 bridgehead atoms. The SMILES string of the molecule is N#C/C(=C/c1ccccc1OCc1ccccc1Cl)c1nc2ccc(F)cc2[nH]1. The van der Waals surface area contributed by atoms with Crippen LogP contribution >= 0.6 is 11.6 Å². The molecule has 0 saturated heterocycles. The molecule has 0 aliphatic carbocycles. The predicted octanol–water partition coefficient (Wildman–Crippen LogP) is 6.00. The topological polar surface area (TPSA) is 61.7 Å². The molecule has 6 heteroatoms. The smallest absolute Gasteiger partial charge is 0.149 e. The van der Waals surface area contributed by atoms with Gasteiger partial charge in [-0.25, -0.2) is 9.37 Å². The molecule has 4 rings (SSSR count). The van der Waals surface area contributed by atoms with Crippen LogP contribution in [0.4, 0.5) is 4.39 Å². The van der Waals surface area contributed by atoms with Gasteiger partial charge in [0.05, 0.1) is 16.6 Å². The number of aromatic nitrogens is 2. The van der Waals surface area contributed by atoms with Gasteiger partial charge < -0.3 is 9.72 Å². The summed E-state index contributed by atoms with van der Waals surface area (Å²) in [7, 11) is 0. The van der Waals surface area contributed by atoms with Crippen molar-refractivity contribution < 1.29 is 9.13 Å². The lowest BCUT2D eigenvalue weighted by atomic mass is 10.1. The number of imidazole rings is 1. The normalized spacial score (nSPS) is 11.4. The van der Waals surface area contributed by atoms with E-state index in [1.54, 1.807) is 12.1 Å². The number of aromatic amines is 1. The van der Waals surface area contributed by atoms with Crippen molar-refractivity contribution in [2.75, 3.05) is 0 Å². The van der Waals surface area contributed by atoms with Crippen molar-refractivity contribution in [2.45, 2.75) is 6.61 Å². The Morgan fingerprint density at radius 1 is 1.14 bits per heavy atom. The van der Waals surface area contributed by atoms with Crippen LogP contribution in [0.3, 0.4) is 0 Å². The Bertz CT molecular complexity index is 1260. The van der Waals surface area contributed by atoms with E-state index < -0.39 is 0 Å². The van der Waals surface area contributed by atoms with Crippen molar-refractivity contribution in [3.05, 3.63) is 94.5 Å². The summed E-state index contributed by atoms with van der Waals surface area (Å²) in [6, 6.07) is 21.3. The van der Waals surface area contributed by atoms with Crippen LogP contribution in [0.25, 0.3) is 22.7 Å². The Kier molecular flexibility index (Phi) is 5.28. The van der Waals surface area contributed by atoms with Gasteiger partial charge in [0, 0.05) is 16.1 Å². The van der Waals surface area contributed by atoms with Crippen LogP contribution in [-0.4, -0.2) is 9.97 Å². The molecule has 0 radical (unpaired) electrons. The number of nitrogens with zero attached hydrogens (tertiary/aromatic N) is 2. The molecule has 0 saturated carbocycles. The van der Waals surface area contributed by atoms with Crippen LogP contribution < -0.4 is 4.74 Å². The summed E-state index contributed by atoms with van der Waals surface area (Å²) >= 11 is 6.19. The molecule has 4 nitrogen and oxygen atoms in total. The molecule has 4 aromatic rings. The molecular weight excluding hydrogens is 389 g/mol. The van der Waals surface area contributed by atoms with E-state index in [2.05, 4.69) is 16.0 Å². The highest BCUT2D eigenvalue weighted by atomic mass is 35.5. The third-order valence-electron chi connectivity index (χ3n) is 4.38. The average Bonchev–Trinajstić information content (AvgIpc) is 3.15. The predicted molar refractivity (Wildman–Crippen MR) is 112 cm³/mol. The second kappa shape index (κ2) is 8.17. The maximum absolute atomic E-state index is 13.4. The summed E-state index contributed by atoms with van der Waals surface area (Å²) < 4.78 is 19.4. The van der Waals surface area contributed by atoms with Crippen molar-refractivity contribution in [1.82, 2.24) is 9.97 Å². The minimum absolute atomic E-state index is 0.302. The highest BCUT2D eigenvalue weighted by molar-refractivity contribution is 6.31. The minimum Gasteiger partial charge on any atom is -0.488 e. The fourth-order valence-electron chi connectivity index (χ4n) is 2.92. The third-order valence-corrected chi connectivity index (χ3v) is 4.75. The molecule has 0 amide bonds. The first-order valence-electron chi connectivity index (χ1n) is 8.87. The highest BCUT2D eigenvalue weighted by Crippen LogP contribution is 2.26.